The van der Waals surface area contributed by atoms with E-state index < -0.39 is 0 Å². The summed E-state index contributed by atoms with van der Waals surface area (Å²) in [6, 6.07) is 0. The van der Waals surface area contributed by atoms with Crippen molar-refractivity contribution in [1.82, 2.24) is 0 Å². The first kappa shape index (κ1) is 10.4. The zero-order chi connectivity index (χ0) is 8.20. The average Bonchev–Trinajstić information content (AvgIpc) is 1.81. The molecule has 0 aromatic carbocycles. The number of hydrogen-bond acceptors (Lipinski definition) is 1. The van der Waals surface area contributed by atoms with Crippen LogP contribution in [0.1, 0.15) is 27.7 Å². The van der Waals surface area contributed by atoms with Gasteiger partial charge in [-0.3, -0.25) is 0 Å². The molecule has 0 spiro atoms. The topological polar surface area (TPSA) is 9.23 Å². The van der Waals surface area contributed by atoms with Gasteiger partial charge in [-0.05, 0) is 26.7 Å². The van der Waals surface area contributed by atoms with E-state index in [0.29, 0.717) is 5.92 Å². The first-order valence-electron chi connectivity index (χ1n) is 3.65. The molecule has 10 heavy (non-hydrogen) atoms. The average molecular weight is 209 g/mol. The lowest BCUT2D eigenvalue weighted by molar-refractivity contribution is -0.0159. The Morgan fingerprint density at radius 3 is 2.20 bits per heavy atom. The fourth-order valence-corrected chi connectivity index (χ4v) is 0.624. The molecule has 0 N–H and O–H groups in total. The molecule has 0 saturated carbocycles. The largest absolute Gasteiger partial charge is 0.376 e. The first-order chi connectivity index (χ1) is 4.45. The minimum atomic E-state index is 0.0103. The van der Waals surface area contributed by atoms with Crippen LogP contribution in [0.3, 0.4) is 0 Å². The van der Waals surface area contributed by atoms with E-state index in [-0.39, 0.29) is 5.60 Å². The molecule has 0 amide bonds. The van der Waals surface area contributed by atoms with E-state index in [0.717, 1.165) is 11.9 Å². The van der Waals surface area contributed by atoms with Crippen LogP contribution in [-0.4, -0.2) is 17.5 Å². The predicted molar refractivity (Wildman–Crippen MR) is 48.7 cm³/mol. The Kier molecular flexibility index (Phi) is 4.54. The van der Waals surface area contributed by atoms with Crippen molar-refractivity contribution in [3.05, 3.63) is 0 Å². The highest BCUT2D eigenvalue weighted by Crippen LogP contribution is 2.10. The minimum Gasteiger partial charge on any atom is -0.376 e. The van der Waals surface area contributed by atoms with Gasteiger partial charge in [-0.1, -0.05) is 22.9 Å². The molecule has 2 heteroatoms. The first-order valence-corrected chi connectivity index (χ1v) is 4.78. The van der Waals surface area contributed by atoms with Gasteiger partial charge in [-0.15, -0.1) is 0 Å². The highest BCUT2D eigenvalue weighted by atomic mass is 79.9. The number of alkyl halides is 1. The second kappa shape index (κ2) is 4.35. The van der Waals surface area contributed by atoms with Crippen molar-refractivity contribution >= 4 is 15.9 Å². The quantitative estimate of drug-likeness (QED) is 0.649. The lowest BCUT2D eigenvalue weighted by Gasteiger charge is -2.21. The summed E-state index contributed by atoms with van der Waals surface area (Å²) in [5, 5.41) is 1.02. The summed E-state index contributed by atoms with van der Waals surface area (Å²) >= 11 is 3.40. The molecular weight excluding hydrogens is 192 g/mol. The molecule has 62 valence electrons. The summed E-state index contributed by atoms with van der Waals surface area (Å²) in [6.07, 6.45) is 0. The second-order valence-corrected chi connectivity index (χ2v) is 4.33. The normalized spacial score (nSPS) is 15.3. The molecule has 0 saturated heterocycles. The van der Waals surface area contributed by atoms with Gasteiger partial charge >= 0.3 is 0 Å². The Labute approximate surface area is 72.3 Å². The zero-order valence-electron chi connectivity index (χ0n) is 7.28. The van der Waals surface area contributed by atoms with Crippen LogP contribution in [0.15, 0.2) is 0 Å². The van der Waals surface area contributed by atoms with E-state index in [2.05, 4.69) is 43.6 Å². The van der Waals surface area contributed by atoms with Gasteiger partial charge in [0.2, 0.25) is 0 Å². The number of ether oxygens (including phenoxy) is 1. The molecule has 0 aliphatic carbocycles. The monoisotopic (exact) mass is 208 g/mol. The molecule has 1 atom stereocenters. The third kappa shape index (κ3) is 6.56. The molecule has 0 unspecified atom stereocenters. The van der Waals surface area contributed by atoms with Crippen LogP contribution < -0.4 is 0 Å². The smallest absolute Gasteiger partial charge is 0.0598 e. The SMILES string of the molecule is C[C@@H](CBr)COC(C)(C)C. The fourth-order valence-electron chi connectivity index (χ4n) is 0.437. The Hall–Kier alpha value is 0.440. The van der Waals surface area contributed by atoms with Crippen LogP contribution in [0.5, 0.6) is 0 Å². The summed E-state index contributed by atoms with van der Waals surface area (Å²) in [5.41, 5.74) is 0.0103. The summed E-state index contributed by atoms with van der Waals surface area (Å²) < 4.78 is 5.55. The maximum atomic E-state index is 5.55. The van der Waals surface area contributed by atoms with Crippen LogP contribution in [0.4, 0.5) is 0 Å². The number of hydrogen-bond donors (Lipinski definition) is 0. The molecule has 0 aromatic heterocycles. The zero-order valence-corrected chi connectivity index (χ0v) is 8.86. The van der Waals surface area contributed by atoms with E-state index in [1.165, 1.54) is 0 Å². The maximum Gasteiger partial charge on any atom is 0.0598 e. The van der Waals surface area contributed by atoms with Crippen LogP contribution in [0.25, 0.3) is 0 Å². The third-order valence-corrected chi connectivity index (χ3v) is 2.17. The van der Waals surface area contributed by atoms with Gasteiger partial charge in [-0.2, -0.15) is 0 Å². The van der Waals surface area contributed by atoms with Gasteiger partial charge in [-0.25, -0.2) is 0 Å². The summed E-state index contributed by atoms with van der Waals surface area (Å²) in [4.78, 5) is 0. The van der Waals surface area contributed by atoms with Crippen molar-refractivity contribution in [3.63, 3.8) is 0 Å². The fraction of sp³-hybridized carbons (Fsp3) is 1.00. The Morgan fingerprint density at radius 2 is 1.90 bits per heavy atom. The van der Waals surface area contributed by atoms with E-state index >= 15 is 0 Å². The van der Waals surface area contributed by atoms with Gasteiger partial charge in [0.25, 0.3) is 0 Å². The van der Waals surface area contributed by atoms with Crippen molar-refractivity contribution in [1.29, 1.82) is 0 Å². The number of halogens is 1. The summed E-state index contributed by atoms with van der Waals surface area (Å²) in [6.45, 7) is 9.24. The van der Waals surface area contributed by atoms with E-state index in [9.17, 15) is 0 Å². The van der Waals surface area contributed by atoms with Crippen LogP contribution in [0, 0.1) is 5.92 Å². The van der Waals surface area contributed by atoms with E-state index in [4.69, 9.17) is 4.74 Å². The molecule has 0 radical (unpaired) electrons. The van der Waals surface area contributed by atoms with Crippen molar-refractivity contribution < 1.29 is 4.74 Å². The van der Waals surface area contributed by atoms with E-state index in [1.807, 2.05) is 0 Å². The molecule has 0 fully saturated rings. The molecule has 0 bridgehead atoms. The summed E-state index contributed by atoms with van der Waals surface area (Å²) in [7, 11) is 0. The van der Waals surface area contributed by atoms with Crippen LogP contribution in [-0.2, 0) is 4.74 Å². The van der Waals surface area contributed by atoms with Gasteiger partial charge in [0, 0.05) is 5.33 Å². The van der Waals surface area contributed by atoms with Gasteiger partial charge in [0.15, 0.2) is 0 Å². The maximum absolute atomic E-state index is 5.55. The molecule has 0 aliphatic heterocycles. The van der Waals surface area contributed by atoms with Crippen molar-refractivity contribution in [2.45, 2.75) is 33.3 Å². The van der Waals surface area contributed by atoms with Crippen molar-refractivity contribution in [2.75, 3.05) is 11.9 Å². The Balaban J connectivity index is 3.36. The molecule has 0 aliphatic rings. The van der Waals surface area contributed by atoms with Crippen LogP contribution in [0.2, 0.25) is 0 Å². The number of rotatable bonds is 3. The van der Waals surface area contributed by atoms with Crippen molar-refractivity contribution in [2.24, 2.45) is 5.92 Å². The third-order valence-electron chi connectivity index (χ3n) is 1.06. The van der Waals surface area contributed by atoms with Gasteiger partial charge < -0.3 is 4.74 Å². The molecule has 0 heterocycles. The standard InChI is InChI=1S/C8H17BrO/c1-7(5-9)6-10-8(2,3)4/h7H,5-6H2,1-4H3/t7-/m0/s1. The lowest BCUT2D eigenvalue weighted by atomic mass is 10.2. The minimum absolute atomic E-state index is 0.0103. The van der Waals surface area contributed by atoms with Crippen LogP contribution >= 0.6 is 15.9 Å². The molecular formula is C8H17BrO. The highest BCUT2D eigenvalue weighted by Gasteiger charge is 2.11. The Bertz CT molecular complexity index is 85.7. The Morgan fingerprint density at radius 1 is 1.40 bits per heavy atom. The lowest BCUT2D eigenvalue weighted by Crippen LogP contribution is -2.22. The predicted octanol–water partition coefficient (Wildman–Crippen LogP) is 2.83. The molecule has 0 aromatic rings. The second-order valence-electron chi connectivity index (χ2n) is 3.68. The van der Waals surface area contributed by atoms with Gasteiger partial charge in [0.05, 0.1) is 12.2 Å². The highest BCUT2D eigenvalue weighted by molar-refractivity contribution is 9.09. The van der Waals surface area contributed by atoms with Crippen molar-refractivity contribution in [3.8, 4) is 0 Å². The molecule has 0 rings (SSSR count). The molecule has 1 nitrogen and oxygen atoms in total. The van der Waals surface area contributed by atoms with E-state index in [1.54, 1.807) is 0 Å². The van der Waals surface area contributed by atoms with Gasteiger partial charge in [0.1, 0.15) is 0 Å². The summed E-state index contributed by atoms with van der Waals surface area (Å²) in [5.74, 6) is 0.610.